The first-order valence-electron chi connectivity index (χ1n) is 10.1. The van der Waals surface area contributed by atoms with E-state index in [0.717, 1.165) is 11.1 Å². The molecule has 0 radical (unpaired) electrons. The lowest BCUT2D eigenvalue weighted by Crippen LogP contribution is -2.45. The monoisotopic (exact) mass is 408 g/mol. The number of nitrogens with one attached hydrogen (secondary N) is 1. The summed E-state index contributed by atoms with van der Waals surface area (Å²) in [6.45, 7) is 0.718. The molecule has 156 valence electrons. The van der Waals surface area contributed by atoms with Gasteiger partial charge in [0.1, 0.15) is 12.6 Å². The summed E-state index contributed by atoms with van der Waals surface area (Å²) in [4.78, 5) is 38.5. The Labute approximate surface area is 174 Å². The van der Waals surface area contributed by atoms with Gasteiger partial charge in [0.15, 0.2) is 5.78 Å². The van der Waals surface area contributed by atoms with Gasteiger partial charge in [-0.3, -0.25) is 9.69 Å². The molecular weight excluding hydrogens is 384 g/mol. The number of benzene rings is 2. The molecule has 2 heterocycles. The molecule has 7 nitrogen and oxygen atoms in total. The topological polar surface area (TPSA) is 95.9 Å². The Balaban J connectivity index is 1.41. The van der Waals surface area contributed by atoms with Crippen molar-refractivity contribution in [3.63, 3.8) is 0 Å². The fourth-order valence-electron chi connectivity index (χ4n) is 4.22. The van der Waals surface area contributed by atoms with Gasteiger partial charge in [-0.1, -0.05) is 54.6 Å². The standard InChI is InChI=1S/C23H24N2O5/c26-21(19-10-16-8-4-5-9-17(16)12-24-19)18-11-20(22(27)28)25(13-18)23(29)30-14-15-6-2-1-3-7-15/h1-9,18-20,24H,10-14H2,(H,27,28)/t18?,19?,20-/m0/s1. The molecule has 2 aliphatic heterocycles. The Morgan fingerprint density at radius 1 is 1.03 bits per heavy atom. The van der Waals surface area contributed by atoms with Gasteiger partial charge in [-0.25, -0.2) is 9.59 Å². The predicted octanol–water partition coefficient (Wildman–Crippen LogP) is 2.38. The highest BCUT2D eigenvalue weighted by molar-refractivity contribution is 5.90. The first kappa shape index (κ1) is 20.1. The van der Waals surface area contributed by atoms with Gasteiger partial charge in [-0.2, -0.15) is 0 Å². The van der Waals surface area contributed by atoms with Gasteiger partial charge in [0.05, 0.1) is 6.04 Å². The number of aliphatic carboxylic acids is 1. The molecule has 7 heteroatoms. The molecule has 2 N–H and O–H groups in total. The summed E-state index contributed by atoms with van der Waals surface area (Å²) in [5.41, 5.74) is 3.11. The number of nitrogens with zero attached hydrogens (tertiary/aromatic N) is 1. The van der Waals surface area contributed by atoms with Crippen molar-refractivity contribution >= 4 is 17.8 Å². The van der Waals surface area contributed by atoms with E-state index < -0.39 is 24.0 Å². The van der Waals surface area contributed by atoms with Crippen LogP contribution in [0.15, 0.2) is 54.6 Å². The Hall–Kier alpha value is -3.19. The second-order valence-corrected chi connectivity index (χ2v) is 7.79. The van der Waals surface area contributed by atoms with Crippen LogP contribution in [-0.4, -0.2) is 46.5 Å². The lowest BCUT2D eigenvalue weighted by molar-refractivity contribution is -0.141. The quantitative estimate of drug-likeness (QED) is 0.789. The number of carbonyl (C=O) groups is 3. The van der Waals surface area contributed by atoms with Crippen molar-refractivity contribution in [3.05, 3.63) is 71.3 Å². The number of carbonyl (C=O) groups excluding carboxylic acids is 2. The number of carboxylic acids is 1. The molecule has 0 aromatic heterocycles. The van der Waals surface area contributed by atoms with E-state index in [9.17, 15) is 19.5 Å². The Morgan fingerprint density at radius 3 is 2.47 bits per heavy atom. The summed E-state index contributed by atoms with van der Waals surface area (Å²) in [6, 6.07) is 15.7. The van der Waals surface area contributed by atoms with E-state index in [0.29, 0.717) is 13.0 Å². The number of fused-ring (bicyclic) bond motifs is 1. The average Bonchev–Trinajstić information content (AvgIpc) is 3.23. The third-order valence-electron chi connectivity index (χ3n) is 5.85. The van der Waals surface area contributed by atoms with E-state index in [4.69, 9.17) is 4.74 Å². The first-order valence-corrected chi connectivity index (χ1v) is 10.1. The number of Topliss-reactive ketones (excluding diaryl/α,β-unsaturated/α-hetero) is 1. The van der Waals surface area contributed by atoms with E-state index in [1.54, 1.807) is 0 Å². The maximum atomic E-state index is 13.1. The molecule has 1 fully saturated rings. The number of ketones is 1. The third-order valence-corrected chi connectivity index (χ3v) is 5.85. The SMILES string of the molecule is O=C(C1C[C@@H](C(=O)O)N(C(=O)OCc2ccccc2)C1)C1Cc2ccccc2CN1. The summed E-state index contributed by atoms with van der Waals surface area (Å²) in [6.07, 6.45) is -0.0284. The minimum absolute atomic E-state index is 0.0471. The van der Waals surface area contributed by atoms with E-state index in [-0.39, 0.29) is 31.4 Å². The zero-order chi connectivity index (χ0) is 21.1. The molecular formula is C23H24N2O5. The fraction of sp³-hybridized carbons (Fsp3) is 0.348. The van der Waals surface area contributed by atoms with Crippen molar-refractivity contribution in [2.75, 3.05) is 6.54 Å². The van der Waals surface area contributed by atoms with E-state index >= 15 is 0 Å². The van der Waals surface area contributed by atoms with Crippen molar-refractivity contribution in [1.29, 1.82) is 0 Å². The molecule has 0 aliphatic carbocycles. The van der Waals surface area contributed by atoms with Crippen LogP contribution in [0.1, 0.15) is 23.1 Å². The van der Waals surface area contributed by atoms with Crippen LogP contribution in [0.2, 0.25) is 0 Å². The second kappa shape index (κ2) is 8.67. The number of amides is 1. The molecule has 3 atom stereocenters. The van der Waals surface area contributed by atoms with E-state index in [2.05, 4.69) is 5.32 Å². The maximum absolute atomic E-state index is 13.1. The van der Waals surface area contributed by atoms with Crippen LogP contribution in [0.3, 0.4) is 0 Å². The minimum atomic E-state index is -1.12. The molecule has 2 aromatic rings. The lowest BCUT2D eigenvalue weighted by atomic mass is 9.88. The van der Waals surface area contributed by atoms with Crippen molar-refractivity contribution in [2.45, 2.75) is 38.1 Å². The fourth-order valence-corrected chi connectivity index (χ4v) is 4.22. The smallest absolute Gasteiger partial charge is 0.410 e. The van der Waals surface area contributed by atoms with Gasteiger partial charge in [0, 0.05) is 19.0 Å². The molecule has 2 unspecified atom stereocenters. The van der Waals surface area contributed by atoms with E-state index in [1.807, 2.05) is 54.6 Å². The summed E-state index contributed by atoms with van der Waals surface area (Å²) < 4.78 is 5.31. The van der Waals surface area contributed by atoms with E-state index in [1.165, 1.54) is 10.5 Å². The Kier molecular flexibility index (Phi) is 5.81. The van der Waals surface area contributed by atoms with Gasteiger partial charge in [-0.05, 0) is 29.5 Å². The highest BCUT2D eigenvalue weighted by Gasteiger charge is 2.45. The van der Waals surface area contributed by atoms with Crippen LogP contribution in [0.4, 0.5) is 4.79 Å². The number of hydrogen-bond donors (Lipinski definition) is 2. The molecule has 0 spiro atoms. The summed E-state index contributed by atoms with van der Waals surface area (Å²) in [5.74, 6) is -1.70. The normalized spacial score (nSPS) is 22.9. The van der Waals surface area contributed by atoms with Crippen molar-refractivity contribution in [2.24, 2.45) is 5.92 Å². The summed E-state index contributed by atoms with van der Waals surface area (Å²) in [5, 5.41) is 12.8. The second-order valence-electron chi connectivity index (χ2n) is 7.79. The first-order chi connectivity index (χ1) is 14.5. The average molecular weight is 408 g/mol. The predicted molar refractivity (Wildman–Crippen MR) is 109 cm³/mol. The van der Waals surface area contributed by atoms with Crippen molar-refractivity contribution in [1.82, 2.24) is 10.2 Å². The molecule has 4 rings (SSSR count). The maximum Gasteiger partial charge on any atom is 0.410 e. The van der Waals surface area contributed by atoms with Crippen LogP contribution in [0.25, 0.3) is 0 Å². The third kappa shape index (κ3) is 4.21. The van der Waals surface area contributed by atoms with Crippen molar-refractivity contribution < 1.29 is 24.2 Å². The molecule has 0 bridgehead atoms. The van der Waals surface area contributed by atoms with Gasteiger partial charge in [0.25, 0.3) is 0 Å². The number of carboxylic acid groups (broad SMARTS) is 1. The van der Waals surface area contributed by atoms with Gasteiger partial charge >= 0.3 is 12.1 Å². The minimum Gasteiger partial charge on any atom is -0.480 e. The summed E-state index contributed by atoms with van der Waals surface area (Å²) >= 11 is 0. The zero-order valence-corrected chi connectivity index (χ0v) is 16.5. The van der Waals surface area contributed by atoms with Crippen LogP contribution in [-0.2, 0) is 33.9 Å². The highest BCUT2D eigenvalue weighted by Crippen LogP contribution is 2.28. The van der Waals surface area contributed by atoms with Crippen LogP contribution >= 0.6 is 0 Å². The number of hydrogen-bond acceptors (Lipinski definition) is 5. The zero-order valence-electron chi connectivity index (χ0n) is 16.5. The van der Waals surface area contributed by atoms with Crippen molar-refractivity contribution in [3.8, 4) is 0 Å². The Morgan fingerprint density at radius 2 is 1.73 bits per heavy atom. The van der Waals surface area contributed by atoms with Crippen LogP contribution in [0, 0.1) is 5.92 Å². The van der Waals surface area contributed by atoms with Crippen LogP contribution < -0.4 is 5.32 Å². The van der Waals surface area contributed by atoms with Gasteiger partial charge < -0.3 is 15.2 Å². The van der Waals surface area contributed by atoms with Gasteiger partial charge in [0.2, 0.25) is 0 Å². The summed E-state index contributed by atoms with van der Waals surface area (Å²) in [7, 11) is 0. The molecule has 2 aliphatic rings. The van der Waals surface area contributed by atoms with Gasteiger partial charge in [-0.15, -0.1) is 0 Å². The molecule has 30 heavy (non-hydrogen) atoms. The number of ether oxygens (including phenoxy) is 1. The molecule has 0 saturated carbocycles. The highest BCUT2D eigenvalue weighted by atomic mass is 16.6. The molecule has 2 aromatic carbocycles. The lowest BCUT2D eigenvalue weighted by Gasteiger charge is -2.27. The van der Waals surface area contributed by atoms with Crippen LogP contribution in [0.5, 0.6) is 0 Å². The number of likely N-dealkylation sites (tertiary alicyclic amines) is 1. The largest absolute Gasteiger partial charge is 0.480 e. The molecule has 1 amide bonds. The molecule has 1 saturated heterocycles. The Bertz CT molecular complexity index is 946. The number of rotatable bonds is 5.